The van der Waals surface area contributed by atoms with Crippen molar-refractivity contribution in [1.29, 1.82) is 0 Å². The molecule has 0 saturated carbocycles. The van der Waals surface area contributed by atoms with Crippen molar-refractivity contribution >= 4 is 16.7 Å². The van der Waals surface area contributed by atoms with Crippen molar-refractivity contribution in [2.45, 2.75) is 13.0 Å². The maximum absolute atomic E-state index is 12.1. The molecule has 0 fully saturated rings. The summed E-state index contributed by atoms with van der Waals surface area (Å²) in [6, 6.07) is 7.45. The molecule has 0 amide bonds. The standard InChI is InChI=1S/C12H14FN3O/c13-5-1-6-16-7-4-9-8-10(12(14)15-17)2-3-11(9)16/h2-4,7-8,17H,1,5-6H2,(H2,14,15). The highest BCUT2D eigenvalue weighted by atomic mass is 19.1. The molecule has 3 N–H and O–H groups in total. The molecule has 1 aromatic carbocycles. The molecule has 0 bridgehead atoms. The quantitative estimate of drug-likeness (QED) is 0.369. The van der Waals surface area contributed by atoms with Gasteiger partial charge in [0.05, 0.1) is 6.67 Å². The molecule has 0 unspecified atom stereocenters. The van der Waals surface area contributed by atoms with Crippen molar-refractivity contribution < 1.29 is 9.60 Å². The van der Waals surface area contributed by atoms with Crippen LogP contribution in [0.3, 0.4) is 0 Å². The zero-order chi connectivity index (χ0) is 12.3. The first kappa shape index (κ1) is 11.4. The maximum Gasteiger partial charge on any atom is 0.170 e. The average molecular weight is 235 g/mol. The number of aryl methyl sites for hydroxylation is 1. The lowest BCUT2D eigenvalue weighted by Gasteiger charge is -2.04. The molecule has 0 spiro atoms. The van der Waals surface area contributed by atoms with Crippen LogP contribution in [-0.2, 0) is 6.54 Å². The second-order valence-corrected chi connectivity index (χ2v) is 3.81. The Morgan fingerprint density at radius 3 is 2.94 bits per heavy atom. The Bertz CT molecular complexity index is 548. The highest BCUT2D eigenvalue weighted by Crippen LogP contribution is 2.18. The maximum atomic E-state index is 12.1. The fraction of sp³-hybridized carbons (Fsp3) is 0.250. The van der Waals surface area contributed by atoms with Crippen LogP contribution in [-0.4, -0.2) is 22.3 Å². The second kappa shape index (κ2) is 4.86. The Morgan fingerprint density at radius 1 is 1.41 bits per heavy atom. The van der Waals surface area contributed by atoms with Gasteiger partial charge in [0, 0.05) is 29.2 Å². The zero-order valence-electron chi connectivity index (χ0n) is 9.31. The number of oxime groups is 1. The number of nitrogens with two attached hydrogens (primary N) is 1. The summed E-state index contributed by atoms with van der Waals surface area (Å²) in [6.07, 6.45) is 2.42. The molecule has 0 aliphatic carbocycles. The smallest absolute Gasteiger partial charge is 0.170 e. The van der Waals surface area contributed by atoms with Gasteiger partial charge in [-0.05, 0) is 30.7 Å². The first-order valence-electron chi connectivity index (χ1n) is 5.39. The lowest BCUT2D eigenvalue weighted by Crippen LogP contribution is -2.12. The lowest BCUT2D eigenvalue weighted by molar-refractivity contribution is 0.318. The van der Waals surface area contributed by atoms with E-state index < -0.39 is 0 Å². The van der Waals surface area contributed by atoms with Crippen LogP contribution in [0.15, 0.2) is 35.6 Å². The number of aromatic nitrogens is 1. The molecule has 1 heterocycles. The first-order chi connectivity index (χ1) is 8.26. The molecule has 0 aliphatic rings. The molecule has 0 radical (unpaired) electrons. The Hall–Kier alpha value is -2.04. The normalized spacial score (nSPS) is 12.2. The fourth-order valence-corrected chi connectivity index (χ4v) is 1.84. The number of rotatable bonds is 4. The minimum atomic E-state index is -0.318. The van der Waals surface area contributed by atoms with E-state index in [-0.39, 0.29) is 12.5 Å². The van der Waals surface area contributed by atoms with Crippen molar-refractivity contribution in [1.82, 2.24) is 4.57 Å². The lowest BCUT2D eigenvalue weighted by atomic mass is 10.1. The molecular formula is C12H14FN3O. The number of hydrogen-bond acceptors (Lipinski definition) is 2. The Morgan fingerprint density at radius 2 is 2.24 bits per heavy atom. The Balaban J connectivity index is 2.38. The van der Waals surface area contributed by atoms with Gasteiger partial charge in [-0.15, -0.1) is 0 Å². The monoisotopic (exact) mass is 235 g/mol. The highest BCUT2D eigenvalue weighted by Gasteiger charge is 2.04. The number of amidine groups is 1. The van der Waals surface area contributed by atoms with Crippen LogP contribution in [0.4, 0.5) is 4.39 Å². The van der Waals surface area contributed by atoms with Crippen LogP contribution >= 0.6 is 0 Å². The van der Waals surface area contributed by atoms with E-state index in [1.807, 2.05) is 29.0 Å². The van der Waals surface area contributed by atoms with E-state index in [0.717, 1.165) is 10.9 Å². The van der Waals surface area contributed by atoms with Gasteiger partial charge >= 0.3 is 0 Å². The van der Waals surface area contributed by atoms with Gasteiger partial charge < -0.3 is 15.5 Å². The molecule has 0 aliphatic heterocycles. The van der Waals surface area contributed by atoms with Gasteiger partial charge in [0.15, 0.2) is 5.84 Å². The summed E-state index contributed by atoms with van der Waals surface area (Å²) in [7, 11) is 0. The van der Waals surface area contributed by atoms with E-state index in [0.29, 0.717) is 18.5 Å². The molecule has 2 rings (SSSR count). The molecule has 17 heavy (non-hydrogen) atoms. The van der Waals surface area contributed by atoms with E-state index in [4.69, 9.17) is 10.9 Å². The molecule has 0 saturated heterocycles. The molecule has 1 aromatic heterocycles. The van der Waals surface area contributed by atoms with Crippen LogP contribution in [0.25, 0.3) is 10.9 Å². The van der Waals surface area contributed by atoms with Gasteiger partial charge in [-0.2, -0.15) is 0 Å². The van der Waals surface area contributed by atoms with Crippen molar-refractivity contribution in [3.63, 3.8) is 0 Å². The van der Waals surface area contributed by atoms with Crippen LogP contribution in [0.1, 0.15) is 12.0 Å². The number of hydrogen-bond donors (Lipinski definition) is 2. The zero-order valence-corrected chi connectivity index (χ0v) is 9.31. The SMILES string of the molecule is N/C(=N/O)c1ccc2c(ccn2CCCF)c1. The summed E-state index contributed by atoms with van der Waals surface area (Å²) in [6.45, 7) is 0.338. The van der Waals surface area contributed by atoms with Crippen molar-refractivity contribution in [2.24, 2.45) is 10.9 Å². The predicted octanol–water partition coefficient (Wildman–Crippen LogP) is 2.10. The number of alkyl halides is 1. The van der Waals surface area contributed by atoms with Gasteiger partial charge in [-0.25, -0.2) is 0 Å². The molecule has 4 nitrogen and oxygen atoms in total. The number of nitrogens with zero attached hydrogens (tertiary/aromatic N) is 2. The van der Waals surface area contributed by atoms with E-state index in [2.05, 4.69) is 5.16 Å². The highest BCUT2D eigenvalue weighted by molar-refractivity contribution is 6.00. The fourth-order valence-electron chi connectivity index (χ4n) is 1.84. The van der Waals surface area contributed by atoms with Crippen molar-refractivity contribution in [3.05, 3.63) is 36.0 Å². The summed E-state index contributed by atoms with van der Waals surface area (Å²) >= 11 is 0. The molecule has 90 valence electrons. The van der Waals surface area contributed by atoms with Gasteiger partial charge in [-0.1, -0.05) is 5.16 Å². The van der Waals surface area contributed by atoms with E-state index in [1.54, 1.807) is 6.07 Å². The first-order valence-corrected chi connectivity index (χ1v) is 5.39. The predicted molar refractivity (Wildman–Crippen MR) is 65.0 cm³/mol. The molecular weight excluding hydrogens is 221 g/mol. The number of fused-ring (bicyclic) bond motifs is 1. The summed E-state index contributed by atoms with van der Waals surface area (Å²) in [5, 5.41) is 12.6. The third-order valence-electron chi connectivity index (χ3n) is 2.71. The van der Waals surface area contributed by atoms with Crippen molar-refractivity contribution in [2.75, 3.05) is 6.67 Å². The van der Waals surface area contributed by atoms with Gasteiger partial charge in [-0.3, -0.25) is 4.39 Å². The van der Waals surface area contributed by atoms with Crippen LogP contribution in [0, 0.1) is 0 Å². The topological polar surface area (TPSA) is 63.5 Å². The Labute approximate surface area is 98.1 Å². The van der Waals surface area contributed by atoms with Crippen LogP contribution in [0.2, 0.25) is 0 Å². The molecule has 5 heteroatoms. The summed E-state index contributed by atoms with van der Waals surface area (Å²) in [4.78, 5) is 0. The molecule has 0 atom stereocenters. The van der Waals surface area contributed by atoms with Gasteiger partial charge in [0.25, 0.3) is 0 Å². The van der Waals surface area contributed by atoms with Gasteiger partial charge in [0.2, 0.25) is 0 Å². The number of halogens is 1. The average Bonchev–Trinajstić information content (AvgIpc) is 2.77. The summed E-state index contributed by atoms with van der Waals surface area (Å²) in [5.41, 5.74) is 7.21. The second-order valence-electron chi connectivity index (χ2n) is 3.81. The Kier molecular flexibility index (Phi) is 3.27. The molecule has 2 aromatic rings. The summed E-state index contributed by atoms with van der Waals surface area (Å²) in [5.74, 6) is 0.0865. The van der Waals surface area contributed by atoms with E-state index in [9.17, 15) is 4.39 Å². The van der Waals surface area contributed by atoms with E-state index >= 15 is 0 Å². The third kappa shape index (κ3) is 2.22. The third-order valence-corrected chi connectivity index (χ3v) is 2.71. The van der Waals surface area contributed by atoms with E-state index in [1.165, 1.54) is 0 Å². The van der Waals surface area contributed by atoms with Gasteiger partial charge in [0.1, 0.15) is 0 Å². The minimum Gasteiger partial charge on any atom is -0.409 e. The number of benzene rings is 1. The van der Waals surface area contributed by atoms with Crippen molar-refractivity contribution in [3.8, 4) is 0 Å². The minimum absolute atomic E-state index is 0.0865. The van der Waals surface area contributed by atoms with Crippen LogP contribution in [0.5, 0.6) is 0 Å². The van der Waals surface area contributed by atoms with Crippen LogP contribution < -0.4 is 5.73 Å². The largest absolute Gasteiger partial charge is 0.409 e. The summed E-state index contributed by atoms with van der Waals surface area (Å²) < 4.78 is 14.1.